The quantitative estimate of drug-likeness (QED) is 0.888. The molecular weight excluding hydrogens is 316 g/mol. The number of nitrogens with zero attached hydrogens (tertiary/aromatic N) is 3. The van der Waals surface area contributed by atoms with Crippen LogP contribution in [0.1, 0.15) is 5.56 Å². The highest BCUT2D eigenvalue weighted by Gasteiger charge is 2.26. The molecule has 1 saturated heterocycles. The van der Waals surface area contributed by atoms with Gasteiger partial charge in [-0.3, -0.25) is 9.78 Å². The van der Waals surface area contributed by atoms with Crippen LogP contribution in [-0.4, -0.2) is 55.1 Å². The lowest BCUT2D eigenvalue weighted by Crippen LogP contribution is -2.53. The van der Waals surface area contributed by atoms with E-state index in [0.717, 1.165) is 30.1 Å². The van der Waals surface area contributed by atoms with Crippen LogP contribution in [0.15, 0.2) is 48.8 Å². The molecule has 6 nitrogen and oxygen atoms in total. The van der Waals surface area contributed by atoms with Gasteiger partial charge >= 0.3 is 0 Å². The summed E-state index contributed by atoms with van der Waals surface area (Å²) < 4.78 is 5.43. The molecule has 1 amide bonds. The van der Waals surface area contributed by atoms with E-state index in [-0.39, 0.29) is 5.91 Å². The maximum Gasteiger partial charge on any atom is 0.239 e. The molecule has 0 radical (unpaired) electrons. The smallest absolute Gasteiger partial charge is 0.239 e. The number of methoxy groups -OCH3 is 1. The van der Waals surface area contributed by atoms with Crippen molar-refractivity contribution in [3.05, 3.63) is 54.4 Å². The lowest BCUT2D eigenvalue weighted by Gasteiger charge is -2.37. The molecular formula is C19H24N4O2. The second-order valence-electron chi connectivity index (χ2n) is 6.15. The van der Waals surface area contributed by atoms with Gasteiger partial charge in [0.05, 0.1) is 18.8 Å². The van der Waals surface area contributed by atoms with Crippen LogP contribution in [0.3, 0.4) is 0 Å². The summed E-state index contributed by atoms with van der Waals surface area (Å²) in [7, 11) is 1.68. The molecule has 25 heavy (non-hydrogen) atoms. The number of hydrogen-bond donors (Lipinski definition) is 1. The number of rotatable bonds is 5. The van der Waals surface area contributed by atoms with Crippen molar-refractivity contribution in [2.75, 3.05) is 38.2 Å². The molecule has 2 heterocycles. The molecule has 1 aliphatic rings. The first-order valence-corrected chi connectivity index (χ1v) is 8.50. The standard InChI is InChI=1S/C19H24N4O2/c1-25-18-5-3-2-4-17(18)22-10-12-23(13-11-22)19(24)16(20)14-15-6-8-21-9-7-15/h2-9,16H,10-14,20H2,1H3. The molecule has 1 atom stereocenters. The molecule has 2 aromatic rings. The Morgan fingerprint density at radius 1 is 1.16 bits per heavy atom. The highest BCUT2D eigenvalue weighted by atomic mass is 16.5. The second kappa shape index (κ2) is 7.98. The third-order valence-corrected chi connectivity index (χ3v) is 4.54. The first-order chi connectivity index (χ1) is 12.2. The summed E-state index contributed by atoms with van der Waals surface area (Å²) in [6, 6.07) is 11.2. The van der Waals surface area contributed by atoms with Crippen LogP contribution < -0.4 is 15.4 Å². The van der Waals surface area contributed by atoms with E-state index in [9.17, 15) is 4.79 Å². The predicted octanol–water partition coefficient (Wildman–Crippen LogP) is 1.31. The molecule has 1 aliphatic heterocycles. The largest absolute Gasteiger partial charge is 0.495 e. The minimum Gasteiger partial charge on any atom is -0.495 e. The fourth-order valence-corrected chi connectivity index (χ4v) is 3.15. The van der Waals surface area contributed by atoms with Crippen molar-refractivity contribution in [1.82, 2.24) is 9.88 Å². The number of amides is 1. The number of carbonyl (C=O) groups excluding carboxylic acids is 1. The highest BCUT2D eigenvalue weighted by molar-refractivity contribution is 5.82. The van der Waals surface area contributed by atoms with Gasteiger partial charge < -0.3 is 20.3 Å². The van der Waals surface area contributed by atoms with Gasteiger partial charge in [0.25, 0.3) is 0 Å². The van der Waals surface area contributed by atoms with Gasteiger partial charge in [-0.25, -0.2) is 0 Å². The third-order valence-electron chi connectivity index (χ3n) is 4.54. The first-order valence-electron chi connectivity index (χ1n) is 8.50. The Balaban J connectivity index is 1.57. The minimum absolute atomic E-state index is 0.0106. The Morgan fingerprint density at radius 3 is 2.52 bits per heavy atom. The lowest BCUT2D eigenvalue weighted by molar-refractivity contribution is -0.132. The van der Waals surface area contributed by atoms with Crippen LogP contribution in [0.5, 0.6) is 5.75 Å². The first kappa shape index (κ1) is 17.2. The fourth-order valence-electron chi connectivity index (χ4n) is 3.15. The minimum atomic E-state index is -0.514. The van der Waals surface area contributed by atoms with E-state index in [0.29, 0.717) is 19.5 Å². The SMILES string of the molecule is COc1ccccc1N1CCN(C(=O)C(N)Cc2ccncc2)CC1. The molecule has 0 bridgehead atoms. The molecule has 0 saturated carbocycles. The molecule has 1 aromatic heterocycles. The summed E-state index contributed by atoms with van der Waals surface area (Å²) in [5.74, 6) is 0.869. The Bertz CT molecular complexity index is 700. The fraction of sp³-hybridized carbons (Fsp3) is 0.368. The molecule has 1 unspecified atom stereocenters. The van der Waals surface area contributed by atoms with Gasteiger partial charge in [-0.2, -0.15) is 0 Å². The van der Waals surface area contributed by atoms with E-state index in [1.807, 2.05) is 41.3 Å². The normalized spacial score (nSPS) is 15.8. The maximum atomic E-state index is 12.6. The molecule has 0 spiro atoms. The van der Waals surface area contributed by atoms with Crippen molar-refractivity contribution in [3.63, 3.8) is 0 Å². The Morgan fingerprint density at radius 2 is 1.84 bits per heavy atom. The van der Waals surface area contributed by atoms with Crippen molar-refractivity contribution in [2.24, 2.45) is 5.73 Å². The average molecular weight is 340 g/mol. The number of carbonyl (C=O) groups is 1. The Kier molecular flexibility index (Phi) is 5.50. The monoisotopic (exact) mass is 340 g/mol. The number of piperazine rings is 1. The third kappa shape index (κ3) is 4.09. The van der Waals surface area contributed by atoms with Crippen LogP contribution in [-0.2, 0) is 11.2 Å². The van der Waals surface area contributed by atoms with Crippen LogP contribution in [0.4, 0.5) is 5.69 Å². The van der Waals surface area contributed by atoms with Crippen molar-refractivity contribution < 1.29 is 9.53 Å². The van der Waals surface area contributed by atoms with Gasteiger partial charge in [0.1, 0.15) is 5.75 Å². The van der Waals surface area contributed by atoms with Gasteiger partial charge in [-0.1, -0.05) is 12.1 Å². The molecule has 2 N–H and O–H groups in total. The van der Waals surface area contributed by atoms with Crippen LogP contribution >= 0.6 is 0 Å². The highest BCUT2D eigenvalue weighted by Crippen LogP contribution is 2.28. The van der Waals surface area contributed by atoms with E-state index in [1.54, 1.807) is 19.5 Å². The zero-order valence-electron chi connectivity index (χ0n) is 14.5. The zero-order valence-corrected chi connectivity index (χ0v) is 14.5. The number of anilines is 1. The second-order valence-corrected chi connectivity index (χ2v) is 6.15. The van der Waals surface area contributed by atoms with Gasteiger partial charge in [0, 0.05) is 38.6 Å². The molecule has 3 rings (SSSR count). The molecule has 132 valence electrons. The Labute approximate surface area is 148 Å². The van der Waals surface area contributed by atoms with E-state index in [1.165, 1.54) is 0 Å². The topological polar surface area (TPSA) is 71.7 Å². The number of ether oxygens (including phenoxy) is 1. The molecule has 6 heteroatoms. The predicted molar refractivity (Wildman–Crippen MR) is 97.7 cm³/mol. The van der Waals surface area contributed by atoms with Gasteiger partial charge in [0.15, 0.2) is 0 Å². The number of para-hydroxylation sites is 2. The zero-order chi connectivity index (χ0) is 17.6. The molecule has 0 aliphatic carbocycles. The van der Waals surface area contributed by atoms with Gasteiger partial charge in [0.2, 0.25) is 5.91 Å². The summed E-state index contributed by atoms with van der Waals surface area (Å²) in [5, 5.41) is 0. The lowest BCUT2D eigenvalue weighted by atomic mass is 10.1. The van der Waals surface area contributed by atoms with Crippen molar-refractivity contribution in [1.29, 1.82) is 0 Å². The number of hydrogen-bond acceptors (Lipinski definition) is 5. The summed E-state index contributed by atoms with van der Waals surface area (Å²) in [5.41, 5.74) is 8.23. The van der Waals surface area contributed by atoms with E-state index in [4.69, 9.17) is 10.5 Å². The summed E-state index contributed by atoms with van der Waals surface area (Å²) in [6.45, 7) is 2.88. The Hall–Kier alpha value is -2.60. The maximum absolute atomic E-state index is 12.6. The number of aromatic nitrogens is 1. The summed E-state index contributed by atoms with van der Waals surface area (Å²) in [6.07, 6.45) is 3.98. The van der Waals surface area contributed by atoms with E-state index >= 15 is 0 Å². The number of benzene rings is 1. The van der Waals surface area contributed by atoms with E-state index in [2.05, 4.69) is 9.88 Å². The van der Waals surface area contributed by atoms with Gasteiger partial charge in [-0.15, -0.1) is 0 Å². The average Bonchev–Trinajstić information content (AvgIpc) is 2.68. The molecule has 1 aromatic carbocycles. The number of nitrogens with two attached hydrogens (primary N) is 1. The molecule has 1 fully saturated rings. The summed E-state index contributed by atoms with van der Waals surface area (Å²) >= 11 is 0. The van der Waals surface area contributed by atoms with Crippen LogP contribution in [0.2, 0.25) is 0 Å². The summed E-state index contributed by atoms with van der Waals surface area (Å²) in [4.78, 5) is 20.7. The van der Waals surface area contributed by atoms with Crippen molar-refractivity contribution in [2.45, 2.75) is 12.5 Å². The van der Waals surface area contributed by atoms with Gasteiger partial charge in [-0.05, 0) is 36.2 Å². The van der Waals surface area contributed by atoms with Crippen LogP contribution in [0.25, 0.3) is 0 Å². The van der Waals surface area contributed by atoms with E-state index < -0.39 is 6.04 Å². The number of pyridine rings is 1. The van der Waals surface area contributed by atoms with Crippen molar-refractivity contribution in [3.8, 4) is 5.75 Å². The van der Waals surface area contributed by atoms with Crippen molar-refractivity contribution >= 4 is 11.6 Å². The van der Waals surface area contributed by atoms with Crippen LogP contribution in [0, 0.1) is 0 Å².